The minimum absolute atomic E-state index is 0.0438. The molecule has 4 rings (SSSR count). The maximum atomic E-state index is 14.0. The fourth-order valence-corrected chi connectivity index (χ4v) is 7.78. The van der Waals surface area contributed by atoms with Crippen molar-refractivity contribution in [2.24, 2.45) is 28.6 Å². The first-order valence-electron chi connectivity index (χ1n) is 13.9. The van der Waals surface area contributed by atoms with Crippen LogP contribution in [0.25, 0.3) is 0 Å². The molecule has 7 atom stereocenters. The standard InChI is InChI=1S/C27H28F14O4/c1-20-9-7-13(44-18(42)22(28,29)24(32,33)26(36,37)38)11-12(20)3-4-14-15-5-6-17(21(15,2)10-8-16(14)20)45-19(43)23(30,31)25(34,35)27(39,40)41/h8,12-15,17H,3-7,9-11H2,1-2H3/t12-,13+,14?,15?,17-,20-,21-/m0/s1. The summed E-state index contributed by atoms with van der Waals surface area (Å²) in [5, 5.41) is 0. The minimum atomic E-state index is -6.72. The van der Waals surface area contributed by atoms with Crippen LogP contribution in [0.2, 0.25) is 0 Å². The summed E-state index contributed by atoms with van der Waals surface area (Å²) >= 11 is 0. The second-order valence-electron chi connectivity index (χ2n) is 12.8. The molecule has 0 radical (unpaired) electrons. The van der Waals surface area contributed by atoms with Gasteiger partial charge in [-0.25, -0.2) is 9.59 Å². The van der Waals surface area contributed by atoms with E-state index < -0.39 is 76.9 Å². The summed E-state index contributed by atoms with van der Waals surface area (Å²) in [7, 11) is 0. The zero-order valence-electron chi connectivity index (χ0n) is 23.5. The van der Waals surface area contributed by atoms with Crippen LogP contribution in [0, 0.1) is 28.6 Å². The molecule has 0 amide bonds. The summed E-state index contributed by atoms with van der Waals surface area (Å²) in [5.41, 5.74) is -0.971. The lowest BCUT2D eigenvalue weighted by molar-refractivity contribution is -0.349. The van der Waals surface area contributed by atoms with Crippen LogP contribution in [0.3, 0.4) is 0 Å². The molecule has 3 fully saturated rings. The molecule has 258 valence electrons. The highest BCUT2D eigenvalue weighted by atomic mass is 19.4. The first kappa shape index (κ1) is 35.6. The Balaban J connectivity index is 1.47. The molecule has 0 spiro atoms. The average molecular weight is 682 g/mol. The second-order valence-corrected chi connectivity index (χ2v) is 12.8. The number of carbonyl (C=O) groups excluding carboxylic acids is 2. The van der Waals surface area contributed by atoms with E-state index in [0.717, 1.165) is 5.57 Å². The van der Waals surface area contributed by atoms with Gasteiger partial charge in [0.1, 0.15) is 12.2 Å². The number of hydrogen-bond acceptors (Lipinski definition) is 4. The quantitative estimate of drug-likeness (QED) is 0.160. The largest absolute Gasteiger partial charge is 0.460 e. The number of hydrogen-bond donors (Lipinski definition) is 0. The van der Waals surface area contributed by atoms with Gasteiger partial charge in [-0.05, 0) is 74.5 Å². The molecule has 18 heteroatoms. The molecular formula is C27H28F14O4. The topological polar surface area (TPSA) is 52.6 Å². The Labute approximate surface area is 246 Å². The van der Waals surface area contributed by atoms with Gasteiger partial charge in [-0.1, -0.05) is 25.5 Å². The van der Waals surface area contributed by atoms with Gasteiger partial charge in [-0.15, -0.1) is 0 Å². The number of esters is 2. The van der Waals surface area contributed by atoms with E-state index in [4.69, 9.17) is 0 Å². The number of fused-ring (bicyclic) bond motifs is 5. The van der Waals surface area contributed by atoms with E-state index in [1.54, 1.807) is 13.0 Å². The van der Waals surface area contributed by atoms with Gasteiger partial charge in [0.2, 0.25) is 0 Å². The molecule has 0 aromatic rings. The van der Waals surface area contributed by atoms with Crippen LogP contribution in [-0.4, -0.2) is 60.2 Å². The second kappa shape index (κ2) is 10.6. The van der Waals surface area contributed by atoms with Crippen molar-refractivity contribution >= 4 is 11.9 Å². The van der Waals surface area contributed by atoms with Crippen molar-refractivity contribution < 1.29 is 80.5 Å². The maximum Gasteiger partial charge on any atom is 0.460 e. The van der Waals surface area contributed by atoms with Crippen LogP contribution in [-0.2, 0) is 19.1 Å². The lowest BCUT2D eigenvalue weighted by Crippen LogP contribution is -2.58. The minimum Gasteiger partial charge on any atom is -0.458 e. The monoisotopic (exact) mass is 682 g/mol. The molecule has 0 aromatic heterocycles. The predicted molar refractivity (Wildman–Crippen MR) is 123 cm³/mol. The molecule has 0 aromatic carbocycles. The zero-order chi connectivity index (χ0) is 34.4. The third-order valence-electron chi connectivity index (χ3n) is 10.4. The molecule has 0 saturated heterocycles. The van der Waals surface area contributed by atoms with E-state index in [9.17, 15) is 71.1 Å². The summed E-state index contributed by atoms with van der Waals surface area (Å²) in [5.74, 6) is -32.8. The Bertz CT molecular complexity index is 1220. The van der Waals surface area contributed by atoms with Crippen LogP contribution in [0.15, 0.2) is 11.6 Å². The summed E-state index contributed by atoms with van der Waals surface area (Å²) in [6, 6.07) is 0. The molecular weight excluding hydrogens is 654 g/mol. The normalized spacial score (nSPS) is 34.7. The molecule has 4 aliphatic rings. The Kier molecular flexibility index (Phi) is 8.38. The van der Waals surface area contributed by atoms with Gasteiger partial charge in [0.05, 0.1) is 0 Å². The molecule has 0 heterocycles. The van der Waals surface area contributed by atoms with Crippen LogP contribution >= 0.6 is 0 Å². The van der Waals surface area contributed by atoms with Gasteiger partial charge < -0.3 is 9.47 Å². The number of halogens is 14. The van der Waals surface area contributed by atoms with E-state index >= 15 is 0 Å². The first-order valence-corrected chi connectivity index (χ1v) is 13.9. The Hall–Kier alpha value is -2.30. The molecule has 3 saturated carbocycles. The van der Waals surface area contributed by atoms with Gasteiger partial charge in [0.25, 0.3) is 0 Å². The number of rotatable bonds is 6. The summed E-state index contributed by atoms with van der Waals surface area (Å²) < 4.78 is 193. The van der Waals surface area contributed by atoms with Crippen molar-refractivity contribution in [3.05, 3.63) is 11.6 Å². The third kappa shape index (κ3) is 5.27. The fraction of sp³-hybridized carbons (Fsp3) is 0.852. The van der Waals surface area contributed by atoms with Gasteiger partial charge >= 0.3 is 48.0 Å². The highest BCUT2D eigenvalue weighted by molar-refractivity contribution is 5.80. The van der Waals surface area contributed by atoms with Crippen LogP contribution in [0.5, 0.6) is 0 Å². The highest BCUT2D eigenvalue weighted by Crippen LogP contribution is 2.65. The lowest BCUT2D eigenvalue weighted by Gasteiger charge is -2.56. The Morgan fingerprint density at radius 2 is 1.22 bits per heavy atom. The molecule has 45 heavy (non-hydrogen) atoms. The predicted octanol–water partition coefficient (Wildman–Crippen LogP) is 8.44. The van der Waals surface area contributed by atoms with Crippen molar-refractivity contribution in [1.82, 2.24) is 0 Å². The van der Waals surface area contributed by atoms with E-state index in [0.29, 0.717) is 12.8 Å². The van der Waals surface area contributed by atoms with Crippen molar-refractivity contribution in [2.45, 2.75) is 113 Å². The van der Waals surface area contributed by atoms with Crippen molar-refractivity contribution in [2.75, 3.05) is 0 Å². The van der Waals surface area contributed by atoms with Gasteiger partial charge in [-0.3, -0.25) is 0 Å². The molecule has 2 unspecified atom stereocenters. The van der Waals surface area contributed by atoms with Gasteiger partial charge in [-0.2, -0.15) is 61.5 Å². The number of ether oxygens (including phenoxy) is 2. The smallest absolute Gasteiger partial charge is 0.458 e. The fourth-order valence-electron chi connectivity index (χ4n) is 7.78. The average Bonchev–Trinajstić information content (AvgIpc) is 3.23. The van der Waals surface area contributed by atoms with E-state index in [1.165, 1.54) is 6.92 Å². The van der Waals surface area contributed by atoms with Crippen LogP contribution in [0.1, 0.15) is 65.2 Å². The summed E-state index contributed by atoms with van der Waals surface area (Å²) in [4.78, 5) is 23.8. The molecule has 0 N–H and O–H groups in total. The number of allylic oxidation sites excluding steroid dienone is 2. The Morgan fingerprint density at radius 3 is 1.73 bits per heavy atom. The summed E-state index contributed by atoms with van der Waals surface area (Å²) in [6.45, 7) is 3.34. The SMILES string of the molecule is C[C@]12CC=C3C(CC[C@H]4C[C@H](OC(=O)C(F)(F)C(F)(F)C(F)(F)F)CC[C@]34C)C1CC[C@@H]2OC(=O)C(F)(F)C(F)(F)C(F)(F)F. The number of alkyl halides is 14. The zero-order valence-corrected chi connectivity index (χ0v) is 23.5. The maximum absolute atomic E-state index is 14.0. The van der Waals surface area contributed by atoms with E-state index in [1.807, 2.05) is 0 Å². The van der Waals surface area contributed by atoms with Crippen LogP contribution < -0.4 is 0 Å². The van der Waals surface area contributed by atoms with Gasteiger partial charge in [0, 0.05) is 5.41 Å². The highest BCUT2D eigenvalue weighted by Gasteiger charge is 2.78. The number of carbonyl (C=O) groups is 2. The molecule has 4 nitrogen and oxygen atoms in total. The first-order chi connectivity index (χ1) is 20.2. The Morgan fingerprint density at radius 1 is 0.711 bits per heavy atom. The van der Waals surface area contributed by atoms with Crippen LogP contribution in [0.4, 0.5) is 61.5 Å². The van der Waals surface area contributed by atoms with Crippen molar-refractivity contribution in [1.29, 1.82) is 0 Å². The van der Waals surface area contributed by atoms with Crippen molar-refractivity contribution in [3.8, 4) is 0 Å². The summed E-state index contributed by atoms with van der Waals surface area (Å²) in [6.07, 6.45) is -13.8. The van der Waals surface area contributed by atoms with E-state index in [2.05, 4.69) is 9.47 Å². The molecule has 0 aliphatic heterocycles. The van der Waals surface area contributed by atoms with E-state index in [-0.39, 0.29) is 50.4 Å². The third-order valence-corrected chi connectivity index (χ3v) is 10.4. The lowest BCUT2D eigenvalue weighted by atomic mass is 9.49. The van der Waals surface area contributed by atoms with Crippen molar-refractivity contribution in [3.63, 3.8) is 0 Å². The van der Waals surface area contributed by atoms with Gasteiger partial charge in [0.15, 0.2) is 0 Å². The molecule has 0 bridgehead atoms. The molecule has 4 aliphatic carbocycles.